The molecule has 1 aliphatic heterocycles. The van der Waals surface area contributed by atoms with E-state index in [9.17, 15) is 9.90 Å². The van der Waals surface area contributed by atoms with Gasteiger partial charge in [-0.1, -0.05) is 28.1 Å². The van der Waals surface area contributed by atoms with Crippen LogP contribution in [0.4, 0.5) is 5.69 Å². The van der Waals surface area contributed by atoms with Crippen LogP contribution < -0.4 is 10.2 Å². The van der Waals surface area contributed by atoms with Crippen LogP contribution in [0.15, 0.2) is 87.9 Å². The van der Waals surface area contributed by atoms with Crippen LogP contribution >= 0.6 is 28.1 Å². The average Bonchev–Trinajstić information content (AvgIpc) is 3.44. The predicted octanol–water partition coefficient (Wildman–Crippen LogP) is 6.29. The molecular weight excluding hydrogens is 514 g/mol. The first-order valence-corrected chi connectivity index (χ1v) is 11.8. The van der Waals surface area contributed by atoms with Crippen molar-refractivity contribution < 1.29 is 14.3 Å². The molecule has 0 unspecified atom stereocenters. The Hall–Kier alpha value is -3.49. The van der Waals surface area contributed by atoms with Gasteiger partial charge in [-0.05, 0) is 85.4 Å². The molecule has 4 aromatic rings. The summed E-state index contributed by atoms with van der Waals surface area (Å²) in [4.78, 5) is 17.9. The minimum atomic E-state index is -0.955. The van der Waals surface area contributed by atoms with Crippen LogP contribution in [0.3, 0.4) is 0 Å². The van der Waals surface area contributed by atoms with Crippen LogP contribution in [0.1, 0.15) is 39.5 Å². The van der Waals surface area contributed by atoms with E-state index in [-0.39, 0.29) is 17.6 Å². The Balaban J connectivity index is 1.58. The number of nitrogens with zero attached hydrogens (tertiary/aromatic N) is 2. The second-order valence-electron chi connectivity index (χ2n) is 8.01. The van der Waals surface area contributed by atoms with Gasteiger partial charge in [0.25, 0.3) is 0 Å². The number of furan rings is 1. The number of benzene rings is 2. The maximum atomic E-state index is 11.3. The summed E-state index contributed by atoms with van der Waals surface area (Å²) in [5, 5.41) is 13.3. The normalized spacial score (nSPS) is 17.6. The van der Waals surface area contributed by atoms with Gasteiger partial charge in [0.15, 0.2) is 5.11 Å². The van der Waals surface area contributed by atoms with Crippen molar-refractivity contribution in [1.29, 1.82) is 0 Å². The molecule has 8 heteroatoms. The van der Waals surface area contributed by atoms with E-state index in [4.69, 9.17) is 16.6 Å². The third kappa shape index (κ3) is 4.10. The number of nitrogens with one attached hydrogen (secondary N) is 1. The summed E-state index contributed by atoms with van der Waals surface area (Å²) in [6.45, 7) is 1.88. The number of anilines is 1. The van der Waals surface area contributed by atoms with E-state index in [0.717, 1.165) is 32.7 Å². The number of carboxylic acids is 1. The molecule has 0 radical (unpaired) electrons. The zero-order valence-electron chi connectivity index (χ0n) is 18.1. The third-order valence-corrected chi connectivity index (χ3v) is 6.70. The van der Waals surface area contributed by atoms with Crippen molar-refractivity contribution in [2.75, 3.05) is 4.90 Å². The predicted molar refractivity (Wildman–Crippen MR) is 138 cm³/mol. The van der Waals surface area contributed by atoms with Crippen LogP contribution in [0, 0.1) is 6.92 Å². The highest BCUT2D eigenvalue weighted by molar-refractivity contribution is 9.10. The Morgan fingerprint density at radius 2 is 1.91 bits per heavy atom. The van der Waals surface area contributed by atoms with Crippen molar-refractivity contribution >= 4 is 44.9 Å². The Labute approximate surface area is 210 Å². The molecule has 2 aromatic heterocycles. The van der Waals surface area contributed by atoms with Gasteiger partial charge >= 0.3 is 5.97 Å². The lowest BCUT2D eigenvalue weighted by Crippen LogP contribution is -2.29. The topological polar surface area (TPSA) is 78.6 Å². The minimum Gasteiger partial charge on any atom is -0.478 e. The number of hydrogen-bond donors (Lipinski definition) is 2. The highest BCUT2D eigenvalue weighted by Crippen LogP contribution is 2.43. The molecule has 0 aliphatic carbocycles. The Kier molecular flexibility index (Phi) is 5.93. The SMILES string of the molecule is Cc1cc(C(=O)O)ccc1-c1ccc([C@H]2[C@@H](c3ccccn3)NC(=S)N2c2ccc(Br)cc2)o1. The molecule has 170 valence electrons. The van der Waals surface area contributed by atoms with Crippen LogP contribution in [0.25, 0.3) is 11.3 Å². The van der Waals surface area contributed by atoms with Crippen molar-refractivity contribution in [3.63, 3.8) is 0 Å². The van der Waals surface area contributed by atoms with E-state index < -0.39 is 5.97 Å². The molecule has 2 aromatic carbocycles. The fourth-order valence-corrected chi connectivity index (χ4v) is 4.86. The van der Waals surface area contributed by atoms with Gasteiger partial charge < -0.3 is 19.7 Å². The molecule has 3 heterocycles. The molecular formula is C26H20BrN3O3S. The van der Waals surface area contributed by atoms with Crippen molar-refractivity contribution in [2.24, 2.45) is 0 Å². The largest absolute Gasteiger partial charge is 0.478 e. The molecule has 6 nitrogen and oxygen atoms in total. The van der Waals surface area contributed by atoms with E-state index >= 15 is 0 Å². The number of thiocarbonyl (C=S) groups is 1. The number of rotatable bonds is 5. The van der Waals surface area contributed by atoms with Gasteiger partial charge in [-0.15, -0.1) is 0 Å². The Bertz CT molecular complexity index is 1370. The molecule has 2 atom stereocenters. The van der Waals surface area contributed by atoms with Crippen molar-refractivity contribution in [1.82, 2.24) is 10.3 Å². The highest BCUT2D eigenvalue weighted by Gasteiger charge is 2.42. The smallest absolute Gasteiger partial charge is 0.335 e. The molecule has 0 bridgehead atoms. The number of aryl methyl sites for hydroxylation is 1. The van der Waals surface area contributed by atoms with Crippen LogP contribution in [0.5, 0.6) is 0 Å². The van der Waals surface area contributed by atoms with Crippen LogP contribution in [-0.4, -0.2) is 21.2 Å². The molecule has 1 aliphatic rings. The molecule has 0 saturated carbocycles. The first kappa shape index (κ1) is 22.3. The summed E-state index contributed by atoms with van der Waals surface area (Å²) < 4.78 is 7.36. The van der Waals surface area contributed by atoms with Crippen molar-refractivity contribution in [3.8, 4) is 11.3 Å². The van der Waals surface area contributed by atoms with Crippen LogP contribution in [0.2, 0.25) is 0 Å². The van der Waals surface area contributed by atoms with E-state index in [1.54, 1.807) is 24.4 Å². The molecule has 0 spiro atoms. The maximum absolute atomic E-state index is 11.3. The molecule has 0 amide bonds. The summed E-state index contributed by atoms with van der Waals surface area (Å²) in [5.41, 5.74) is 3.70. The number of aromatic carboxylic acids is 1. The standard InChI is InChI=1S/C26H20BrN3O3S/c1-15-14-16(25(31)32)5-10-19(15)21-11-12-22(33-21)24-23(20-4-2-3-13-28-20)29-26(34)30(24)18-8-6-17(27)7-9-18/h2-14,23-24H,1H3,(H,29,34)(H,31,32)/t23-,24+/m1/s1. The molecule has 1 fully saturated rings. The molecule has 1 saturated heterocycles. The van der Waals surface area contributed by atoms with Crippen molar-refractivity contribution in [3.05, 3.63) is 106 Å². The second kappa shape index (κ2) is 9.04. The third-order valence-electron chi connectivity index (χ3n) is 5.86. The minimum absolute atomic E-state index is 0.216. The number of carboxylic acid groups (broad SMARTS) is 1. The fraction of sp³-hybridized carbons (Fsp3) is 0.115. The summed E-state index contributed by atoms with van der Waals surface area (Å²) >= 11 is 9.24. The Morgan fingerprint density at radius 3 is 2.59 bits per heavy atom. The Morgan fingerprint density at radius 1 is 1.12 bits per heavy atom. The molecule has 2 N–H and O–H groups in total. The quantitative estimate of drug-likeness (QED) is 0.292. The number of hydrogen-bond acceptors (Lipinski definition) is 4. The van der Waals surface area contributed by atoms with E-state index in [1.165, 1.54) is 0 Å². The first-order valence-electron chi connectivity index (χ1n) is 10.6. The van der Waals surface area contributed by atoms with Gasteiger partial charge in [-0.25, -0.2) is 4.79 Å². The van der Waals surface area contributed by atoms with Gasteiger partial charge in [0.2, 0.25) is 0 Å². The van der Waals surface area contributed by atoms with Crippen molar-refractivity contribution in [2.45, 2.75) is 19.0 Å². The number of carbonyl (C=O) groups is 1. The van der Waals surface area contributed by atoms with Gasteiger partial charge in [0, 0.05) is 21.9 Å². The summed E-state index contributed by atoms with van der Waals surface area (Å²) in [7, 11) is 0. The number of aromatic nitrogens is 1. The zero-order chi connectivity index (χ0) is 23.8. The summed E-state index contributed by atoms with van der Waals surface area (Å²) in [6, 6.07) is 22.2. The van der Waals surface area contributed by atoms with E-state index in [2.05, 4.69) is 26.2 Å². The first-order chi connectivity index (χ1) is 16.4. The van der Waals surface area contributed by atoms with Gasteiger partial charge in [0.05, 0.1) is 17.3 Å². The summed E-state index contributed by atoms with van der Waals surface area (Å²) in [6.07, 6.45) is 1.76. The maximum Gasteiger partial charge on any atom is 0.335 e. The zero-order valence-corrected chi connectivity index (χ0v) is 20.5. The molecule has 34 heavy (non-hydrogen) atoms. The highest BCUT2D eigenvalue weighted by atomic mass is 79.9. The average molecular weight is 534 g/mol. The lowest BCUT2D eigenvalue weighted by atomic mass is 10.0. The molecule has 5 rings (SSSR count). The van der Waals surface area contributed by atoms with Crippen LogP contribution in [-0.2, 0) is 0 Å². The second-order valence-corrected chi connectivity index (χ2v) is 9.31. The van der Waals surface area contributed by atoms with Gasteiger partial charge in [-0.2, -0.15) is 0 Å². The lowest BCUT2D eigenvalue weighted by molar-refractivity contribution is 0.0697. The summed E-state index contributed by atoms with van der Waals surface area (Å²) in [5.74, 6) is 0.434. The number of halogens is 1. The van der Waals surface area contributed by atoms with E-state index in [1.807, 2.05) is 66.4 Å². The van der Waals surface area contributed by atoms with Gasteiger partial charge in [0.1, 0.15) is 17.6 Å². The lowest BCUT2D eigenvalue weighted by Gasteiger charge is -2.26. The van der Waals surface area contributed by atoms with E-state index in [0.29, 0.717) is 10.9 Å². The fourth-order valence-electron chi connectivity index (χ4n) is 4.25. The van der Waals surface area contributed by atoms with Gasteiger partial charge in [-0.3, -0.25) is 4.98 Å². The number of pyridine rings is 1. The monoisotopic (exact) mass is 533 g/mol.